The zero-order valence-electron chi connectivity index (χ0n) is 5.73. The van der Waals surface area contributed by atoms with Crippen molar-refractivity contribution in [2.45, 2.75) is 0 Å². The Morgan fingerprint density at radius 2 is 2.36 bits per heavy atom. The third-order valence-electron chi connectivity index (χ3n) is 1.50. The van der Waals surface area contributed by atoms with Crippen molar-refractivity contribution in [3.63, 3.8) is 0 Å². The van der Waals surface area contributed by atoms with E-state index in [-0.39, 0.29) is 0 Å². The van der Waals surface area contributed by atoms with Crippen LogP contribution in [0.15, 0.2) is 18.3 Å². The second kappa shape index (κ2) is 1.95. The van der Waals surface area contributed by atoms with E-state index in [0.29, 0.717) is 11.5 Å². The Kier molecular flexibility index (Phi) is 1.09. The minimum absolute atomic E-state index is 0.413. The van der Waals surface area contributed by atoms with E-state index in [1.165, 1.54) is 4.68 Å². The average molecular weight is 146 g/mol. The third kappa shape index (κ3) is 0.756. The molecule has 11 heavy (non-hydrogen) atoms. The molecule has 2 heterocycles. The normalized spacial score (nSPS) is 10.6. The lowest BCUT2D eigenvalue weighted by atomic mass is 10.3. The van der Waals surface area contributed by atoms with E-state index in [1.807, 2.05) is 6.07 Å². The zero-order valence-corrected chi connectivity index (χ0v) is 5.73. The van der Waals surface area contributed by atoms with Crippen LogP contribution in [0, 0.1) is 7.05 Å². The van der Waals surface area contributed by atoms with E-state index in [0.717, 1.165) is 5.39 Å². The minimum Gasteiger partial charge on any atom is -0.382 e. The Morgan fingerprint density at radius 1 is 1.55 bits per heavy atom. The van der Waals surface area contributed by atoms with Gasteiger partial charge in [-0.2, -0.15) is 5.10 Å². The van der Waals surface area contributed by atoms with Gasteiger partial charge in [0.1, 0.15) is 7.05 Å². The Hall–Kier alpha value is -1.58. The van der Waals surface area contributed by atoms with Crippen LogP contribution < -0.4 is 5.73 Å². The van der Waals surface area contributed by atoms with Crippen LogP contribution in [0.3, 0.4) is 0 Å². The van der Waals surface area contributed by atoms with E-state index in [2.05, 4.69) is 10.1 Å². The number of hydrogen-bond acceptors (Lipinski definition) is 3. The molecule has 2 rings (SSSR count). The first-order valence-corrected chi connectivity index (χ1v) is 3.13. The van der Waals surface area contributed by atoms with Crippen molar-refractivity contribution in [2.24, 2.45) is 0 Å². The van der Waals surface area contributed by atoms with Crippen LogP contribution in [-0.2, 0) is 0 Å². The highest BCUT2D eigenvalue weighted by atomic mass is 15.3. The van der Waals surface area contributed by atoms with Crippen LogP contribution in [0.1, 0.15) is 0 Å². The molecule has 2 radical (unpaired) electrons. The number of anilines is 1. The summed E-state index contributed by atoms with van der Waals surface area (Å²) in [6, 6.07) is 3.62. The lowest BCUT2D eigenvalue weighted by Gasteiger charge is -1.87. The van der Waals surface area contributed by atoms with Gasteiger partial charge in [-0.15, -0.1) is 0 Å². The summed E-state index contributed by atoms with van der Waals surface area (Å²) in [5, 5.41) is 4.59. The molecule has 0 aliphatic carbocycles. The zero-order chi connectivity index (χ0) is 7.84. The molecule has 0 saturated carbocycles. The van der Waals surface area contributed by atoms with Crippen molar-refractivity contribution in [1.82, 2.24) is 14.8 Å². The smallest absolute Gasteiger partial charge is 0.160 e. The second-order valence-electron chi connectivity index (χ2n) is 2.20. The van der Waals surface area contributed by atoms with Gasteiger partial charge >= 0.3 is 0 Å². The summed E-state index contributed by atoms with van der Waals surface area (Å²) in [5.74, 6) is 0.413. The molecule has 0 spiro atoms. The molecule has 0 fully saturated rings. The number of nitrogens with two attached hydrogens (primary N) is 1. The topological polar surface area (TPSA) is 56.7 Å². The van der Waals surface area contributed by atoms with Crippen molar-refractivity contribution in [3.8, 4) is 0 Å². The predicted octanol–water partition coefficient (Wildman–Crippen LogP) is 0.530. The van der Waals surface area contributed by atoms with Gasteiger partial charge in [0.25, 0.3) is 0 Å². The number of nitrogen functional groups attached to an aromatic ring is 1. The van der Waals surface area contributed by atoms with E-state index in [1.54, 1.807) is 12.3 Å². The van der Waals surface area contributed by atoms with E-state index in [9.17, 15) is 0 Å². The molecule has 4 heteroatoms. The number of rotatable bonds is 0. The molecule has 0 atom stereocenters. The molecule has 2 N–H and O–H groups in total. The lowest BCUT2D eigenvalue weighted by Crippen LogP contribution is -1.89. The molecule has 54 valence electrons. The molecule has 0 aliphatic heterocycles. The highest BCUT2D eigenvalue weighted by Gasteiger charge is 2.03. The van der Waals surface area contributed by atoms with Gasteiger partial charge in [-0.1, -0.05) is 0 Å². The summed E-state index contributed by atoms with van der Waals surface area (Å²) in [6.45, 7) is 0. The number of nitrogens with zero attached hydrogens (tertiary/aromatic N) is 3. The van der Waals surface area contributed by atoms with Crippen LogP contribution in [0.2, 0.25) is 0 Å². The fourth-order valence-electron chi connectivity index (χ4n) is 0.997. The molecule has 2 aromatic rings. The highest BCUT2D eigenvalue weighted by Crippen LogP contribution is 2.15. The van der Waals surface area contributed by atoms with E-state index < -0.39 is 0 Å². The van der Waals surface area contributed by atoms with Gasteiger partial charge in [0.05, 0.1) is 5.39 Å². The molecular weight excluding hydrogens is 140 g/mol. The van der Waals surface area contributed by atoms with Gasteiger partial charge in [-0.3, -0.25) is 0 Å². The maximum absolute atomic E-state index is 5.53. The Labute approximate surface area is 63.6 Å². The number of hydrogen-bond donors (Lipinski definition) is 1. The van der Waals surface area contributed by atoms with Crippen LogP contribution in [0.4, 0.5) is 5.82 Å². The average Bonchev–Trinajstić information content (AvgIpc) is 2.30. The Balaban J connectivity index is 2.95. The van der Waals surface area contributed by atoms with Crippen molar-refractivity contribution < 1.29 is 0 Å². The van der Waals surface area contributed by atoms with Gasteiger partial charge in [0.2, 0.25) is 0 Å². The van der Waals surface area contributed by atoms with Gasteiger partial charge in [-0.25, -0.2) is 9.67 Å². The first-order chi connectivity index (χ1) is 5.29. The van der Waals surface area contributed by atoms with Gasteiger partial charge in [0.15, 0.2) is 11.5 Å². The summed E-state index contributed by atoms with van der Waals surface area (Å²) >= 11 is 0. The molecule has 0 aromatic carbocycles. The number of aromatic nitrogens is 3. The fraction of sp³-hybridized carbons (Fsp3) is 0. The molecule has 0 aliphatic rings. The van der Waals surface area contributed by atoms with Crippen LogP contribution in [0.5, 0.6) is 0 Å². The Bertz CT molecular complexity index is 354. The van der Waals surface area contributed by atoms with Crippen molar-refractivity contribution in [1.29, 1.82) is 0 Å². The molecule has 0 unspecified atom stereocenters. The van der Waals surface area contributed by atoms with Gasteiger partial charge in [0, 0.05) is 6.20 Å². The van der Waals surface area contributed by atoms with E-state index in [4.69, 9.17) is 12.8 Å². The summed E-state index contributed by atoms with van der Waals surface area (Å²) in [4.78, 5) is 4.00. The minimum atomic E-state index is 0.413. The van der Waals surface area contributed by atoms with Gasteiger partial charge in [-0.05, 0) is 12.1 Å². The molecule has 0 saturated heterocycles. The summed E-state index contributed by atoms with van der Waals surface area (Å²) in [6.07, 6.45) is 1.65. The van der Waals surface area contributed by atoms with Crippen LogP contribution in [0.25, 0.3) is 11.0 Å². The third-order valence-corrected chi connectivity index (χ3v) is 1.50. The van der Waals surface area contributed by atoms with Gasteiger partial charge < -0.3 is 5.73 Å². The summed E-state index contributed by atoms with van der Waals surface area (Å²) in [7, 11) is 5.44. The summed E-state index contributed by atoms with van der Waals surface area (Å²) in [5.41, 5.74) is 6.13. The molecule has 0 amide bonds. The lowest BCUT2D eigenvalue weighted by molar-refractivity contribution is 0.900. The maximum Gasteiger partial charge on any atom is 0.160 e. The van der Waals surface area contributed by atoms with Crippen molar-refractivity contribution >= 4 is 16.9 Å². The molecule has 2 aromatic heterocycles. The molecular formula is C7H6N4. The van der Waals surface area contributed by atoms with Crippen molar-refractivity contribution in [3.05, 3.63) is 25.4 Å². The Morgan fingerprint density at radius 3 is 3.09 bits per heavy atom. The monoisotopic (exact) mass is 146 g/mol. The van der Waals surface area contributed by atoms with Crippen LogP contribution >= 0.6 is 0 Å². The SMILES string of the molecule is [CH]n1nc(N)c2cccnc21. The number of pyridine rings is 1. The standard InChI is InChI=1S/C7H6N4/c1-11-7-5(6(8)10-11)3-2-4-9-7/h1-4H,(H2,8,10). The fourth-order valence-corrected chi connectivity index (χ4v) is 0.997. The van der Waals surface area contributed by atoms with Crippen molar-refractivity contribution in [2.75, 3.05) is 5.73 Å². The number of fused-ring (bicyclic) bond motifs is 1. The quantitative estimate of drug-likeness (QED) is 0.589. The first kappa shape index (κ1) is 6.15. The highest BCUT2D eigenvalue weighted by molar-refractivity contribution is 5.86. The second-order valence-corrected chi connectivity index (χ2v) is 2.20. The maximum atomic E-state index is 5.53. The summed E-state index contributed by atoms with van der Waals surface area (Å²) < 4.78 is 1.17. The first-order valence-electron chi connectivity index (χ1n) is 3.13. The van der Waals surface area contributed by atoms with E-state index >= 15 is 0 Å². The predicted molar refractivity (Wildman–Crippen MR) is 41.6 cm³/mol. The largest absolute Gasteiger partial charge is 0.382 e. The molecule has 4 nitrogen and oxygen atoms in total. The van der Waals surface area contributed by atoms with Crippen LogP contribution in [-0.4, -0.2) is 14.8 Å². The molecule has 0 bridgehead atoms.